The van der Waals surface area contributed by atoms with E-state index in [0.29, 0.717) is 0 Å². The van der Waals surface area contributed by atoms with Crippen LogP contribution < -0.4 is 4.90 Å². The maximum Gasteiger partial charge on any atom is 0.0646 e. The zero-order valence-electron chi connectivity index (χ0n) is 39.8. The van der Waals surface area contributed by atoms with Crippen LogP contribution in [0.25, 0.3) is 113 Å². The second-order valence-corrected chi connectivity index (χ2v) is 21.0. The molecule has 3 aromatic heterocycles. The summed E-state index contributed by atoms with van der Waals surface area (Å²) in [5.41, 5.74) is 16.8. The zero-order chi connectivity index (χ0) is 47.7. The number of aromatic nitrogens is 2. The van der Waals surface area contributed by atoms with Gasteiger partial charge in [0, 0.05) is 61.1 Å². The molecule has 1 aliphatic carbocycles. The summed E-state index contributed by atoms with van der Waals surface area (Å²) in [7, 11) is 0. The average Bonchev–Trinajstić information content (AvgIpc) is 4.06. The Morgan fingerprint density at radius 2 is 0.972 bits per heavy atom. The van der Waals surface area contributed by atoms with Gasteiger partial charge in [-0.3, -0.25) is 4.98 Å². The van der Waals surface area contributed by atoms with Crippen LogP contribution in [0.1, 0.15) is 25.0 Å². The fraction of sp³-hybridized carbons (Fsp3) is 0.0441. The minimum Gasteiger partial charge on any atom is -0.309 e. The molecule has 0 atom stereocenters. The van der Waals surface area contributed by atoms with Crippen LogP contribution in [0.3, 0.4) is 0 Å². The molecule has 15 rings (SSSR count). The second kappa shape index (κ2) is 15.6. The van der Waals surface area contributed by atoms with Crippen LogP contribution in [0.5, 0.6) is 0 Å². The van der Waals surface area contributed by atoms with E-state index < -0.39 is 0 Å². The summed E-state index contributed by atoms with van der Waals surface area (Å²) in [6.07, 6.45) is 3.79. The monoisotopic (exact) mass is 935 g/mol. The van der Waals surface area contributed by atoms with Gasteiger partial charge in [0.1, 0.15) is 0 Å². The van der Waals surface area contributed by atoms with Crippen LogP contribution >= 0.6 is 11.3 Å². The van der Waals surface area contributed by atoms with E-state index in [2.05, 4.69) is 253 Å². The first-order valence-electron chi connectivity index (χ1n) is 24.8. The Hall–Kier alpha value is -8.83. The highest BCUT2D eigenvalue weighted by molar-refractivity contribution is 7.26. The third-order valence-corrected chi connectivity index (χ3v) is 16.8. The van der Waals surface area contributed by atoms with E-state index in [0.717, 1.165) is 33.9 Å². The van der Waals surface area contributed by atoms with E-state index in [1.165, 1.54) is 108 Å². The number of thiophene rings is 1. The molecule has 72 heavy (non-hydrogen) atoms. The molecule has 0 saturated heterocycles. The maximum absolute atomic E-state index is 4.39. The van der Waals surface area contributed by atoms with E-state index in [1.807, 2.05) is 23.7 Å². The van der Waals surface area contributed by atoms with Crippen molar-refractivity contribution >= 4 is 103 Å². The van der Waals surface area contributed by atoms with E-state index >= 15 is 0 Å². The van der Waals surface area contributed by atoms with Gasteiger partial charge in [0.05, 0.1) is 21.4 Å². The third-order valence-electron chi connectivity index (χ3n) is 15.6. The van der Waals surface area contributed by atoms with Crippen molar-refractivity contribution < 1.29 is 0 Å². The third kappa shape index (κ3) is 6.12. The van der Waals surface area contributed by atoms with Gasteiger partial charge in [-0.05, 0) is 168 Å². The van der Waals surface area contributed by atoms with Crippen LogP contribution in [0.15, 0.2) is 237 Å². The molecule has 0 unspecified atom stereocenters. The van der Waals surface area contributed by atoms with Crippen molar-refractivity contribution in [2.24, 2.45) is 0 Å². The normalized spacial score (nSPS) is 13.0. The molecule has 338 valence electrons. The lowest BCUT2D eigenvalue weighted by molar-refractivity contribution is 0.661. The molecule has 14 aromatic rings. The molecule has 4 heteroatoms. The molecule has 0 aliphatic heterocycles. The largest absolute Gasteiger partial charge is 0.309 e. The Morgan fingerprint density at radius 3 is 1.65 bits per heavy atom. The summed E-state index contributed by atoms with van der Waals surface area (Å²) in [5, 5.41) is 12.7. The van der Waals surface area contributed by atoms with E-state index in [1.54, 1.807) is 0 Å². The Bertz CT molecular complexity index is 4430. The first-order chi connectivity index (χ1) is 35.4. The standard InChI is InChI=1S/C68H45N3S/c1-68(2)59-30-29-52(41-57(59)56-37-47-13-3-4-14-48(47)39-60(56)68)70(63-40-49(44-33-35-69-36-34-44)38-58-55-17-9-10-18-64(55)72-67(58)63)50-25-19-42(20-26-50)43-21-27-51(28-22-43)71-61-31-23-45-11-5-7-15-53(45)65(61)66-54-16-8-6-12-46(54)24-32-62(66)71/h3-41H,1-2H3. The topological polar surface area (TPSA) is 21.1 Å². The van der Waals surface area contributed by atoms with E-state index in [9.17, 15) is 0 Å². The molecule has 0 radical (unpaired) electrons. The summed E-state index contributed by atoms with van der Waals surface area (Å²) in [6.45, 7) is 4.75. The van der Waals surface area contributed by atoms with Gasteiger partial charge in [0.15, 0.2) is 0 Å². The van der Waals surface area contributed by atoms with Crippen LogP contribution in [-0.2, 0) is 5.41 Å². The van der Waals surface area contributed by atoms with Crippen molar-refractivity contribution in [3.05, 3.63) is 248 Å². The predicted molar refractivity (Wildman–Crippen MR) is 307 cm³/mol. The van der Waals surface area contributed by atoms with Gasteiger partial charge in [-0.1, -0.05) is 147 Å². The fourth-order valence-electron chi connectivity index (χ4n) is 12.1. The number of fused-ring (bicyclic) bond motifs is 14. The molecule has 1 aliphatic rings. The van der Waals surface area contributed by atoms with Gasteiger partial charge < -0.3 is 9.47 Å². The lowest BCUT2D eigenvalue weighted by Gasteiger charge is -2.28. The maximum atomic E-state index is 4.39. The molecule has 3 heterocycles. The summed E-state index contributed by atoms with van der Waals surface area (Å²) >= 11 is 1.87. The molecule has 0 amide bonds. The number of benzene rings is 11. The Morgan fingerprint density at radius 1 is 0.417 bits per heavy atom. The number of pyridine rings is 1. The number of rotatable bonds is 6. The van der Waals surface area contributed by atoms with Crippen LogP contribution in [0, 0.1) is 0 Å². The molecular weight excluding hydrogens is 891 g/mol. The Balaban J connectivity index is 0.888. The first kappa shape index (κ1) is 41.0. The van der Waals surface area contributed by atoms with Gasteiger partial charge in [0.25, 0.3) is 0 Å². The van der Waals surface area contributed by atoms with Gasteiger partial charge in [-0.25, -0.2) is 0 Å². The predicted octanol–water partition coefficient (Wildman–Crippen LogP) is 19.1. The molecule has 0 N–H and O–H groups in total. The first-order valence-corrected chi connectivity index (χ1v) is 25.6. The molecule has 11 aromatic carbocycles. The van der Waals surface area contributed by atoms with Gasteiger partial charge in [0.2, 0.25) is 0 Å². The van der Waals surface area contributed by atoms with Crippen LogP contribution in [-0.4, -0.2) is 9.55 Å². The lowest BCUT2D eigenvalue weighted by atomic mass is 9.82. The average molecular weight is 936 g/mol. The molecule has 0 saturated carbocycles. The molecule has 3 nitrogen and oxygen atoms in total. The summed E-state index contributed by atoms with van der Waals surface area (Å²) in [5.74, 6) is 0. The summed E-state index contributed by atoms with van der Waals surface area (Å²) in [6, 6.07) is 83.6. The molecule has 0 bridgehead atoms. The number of anilines is 3. The molecule has 0 fully saturated rings. The highest BCUT2D eigenvalue weighted by atomic mass is 32.1. The van der Waals surface area contributed by atoms with Crippen LogP contribution in [0.4, 0.5) is 17.1 Å². The molecular formula is C68H45N3S. The summed E-state index contributed by atoms with van der Waals surface area (Å²) < 4.78 is 4.98. The Labute approximate surface area is 421 Å². The minimum atomic E-state index is -0.139. The van der Waals surface area contributed by atoms with Crippen molar-refractivity contribution in [3.8, 4) is 39.1 Å². The SMILES string of the molecule is CC1(C)c2ccc(N(c3ccc(-c4ccc(-n5c6ccc7ccccc7c6c6c7ccccc7ccc65)cc4)cc3)c3cc(-c4ccncc4)cc4c3sc3ccccc34)cc2-c2cc3ccccc3cc21. The second-order valence-electron chi connectivity index (χ2n) is 19.9. The van der Waals surface area contributed by atoms with Crippen molar-refractivity contribution in [3.63, 3.8) is 0 Å². The smallest absolute Gasteiger partial charge is 0.0646 e. The number of nitrogens with zero attached hydrogens (tertiary/aromatic N) is 3. The quantitative estimate of drug-likeness (QED) is 0.166. The van der Waals surface area contributed by atoms with Crippen LogP contribution in [0.2, 0.25) is 0 Å². The number of hydrogen-bond donors (Lipinski definition) is 0. The highest BCUT2D eigenvalue weighted by Crippen LogP contribution is 2.53. The van der Waals surface area contributed by atoms with Gasteiger partial charge >= 0.3 is 0 Å². The van der Waals surface area contributed by atoms with E-state index in [-0.39, 0.29) is 5.41 Å². The zero-order valence-corrected chi connectivity index (χ0v) is 40.6. The molecule has 0 spiro atoms. The van der Waals surface area contributed by atoms with Gasteiger partial charge in [-0.15, -0.1) is 11.3 Å². The van der Waals surface area contributed by atoms with Crippen molar-refractivity contribution in [1.29, 1.82) is 0 Å². The lowest BCUT2D eigenvalue weighted by Crippen LogP contribution is -2.15. The fourth-order valence-corrected chi connectivity index (χ4v) is 13.3. The highest BCUT2D eigenvalue weighted by Gasteiger charge is 2.36. The Kier molecular flexibility index (Phi) is 8.88. The van der Waals surface area contributed by atoms with Crippen molar-refractivity contribution in [1.82, 2.24) is 9.55 Å². The van der Waals surface area contributed by atoms with Crippen molar-refractivity contribution in [2.75, 3.05) is 4.90 Å². The van der Waals surface area contributed by atoms with Gasteiger partial charge in [-0.2, -0.15) is 0 Å². The summed E-state index contributed by atoms with van der Waals surface area (Å²) in [4.78, 5) is 6.89. The minimum absolute atomic E-state index is 0.139. The number of hydrogen-bond acceptors (Lipinski definition) is 3. The van der Waals surface area contributed by atoms with E-state index in [4.69, 9.17) is 0 Å². The van der Waals surface area contributed by atoms with Crippen molar-refractivity contribution in [2.45, 2.75) is 19.3 Å².